The third-order valence-electron chi connectivity index (χ3n) is 5.96. The van der Waals surface area contributed by atoms with Crippen LogP contribution < -0.4 is 10.6 Å². The Labute approximate surface area is 171 Å². The van der Waals surface area contributed by atoms with Crippen molar-refractivity contribution in [3.05, 3.63) is 28.8 Å². The van der Waals surface area contributed by atoms with Crippen molar-refractivity contribution < 1.29 is 29.0 Å². The highest BCUT2D eigenvalue weighted by atomic mass is 35.5. The minimum atomic E-state index is -1.47. The van der Waals surface area contributed by atoms with Gasteiger partial charge in [-0.2, -0.15) is 0 Å². The number of likely N-dealkylation sites (tertiary alicyclic amines) is 1. The Bertz CT molecular complexity index is 921. The van der Waals surface area contributed by atoms with Gasteiger partial charge in [-0.15, -0.1) is 0 Å². The molecule has 3 amide bonds. The van der Waals surface area contributed by atoms with Crippen LogP contribution in [0.3, 0.4) is 0 Å². The van der Waals surface area contributed by atoms with E-state index in [9.17, 15) is 19.2 Å². The number of amides is 3. The lowest BCUT2D eigenvalue weighted by molar-refractivity contribution is -0.144. The number of carboxylic acids is 1. The minimum Gasteiger partial charge on any atom is -0.481 e. The van der Waals surface area contributed by atoms with E-state index in [0.29, 0.717) is 16.3 Å². The van der Waals surface area contributed by atoms with E-state index in [1.165, 1.54) is 7.11 Å². The highest BCUT2D eigenvalue weighted by Gasteiger charge is 2.70. The van der Waals surface area contributed by atoms with Crippen molar-refractivity contribution in [1.82, 2.24) is 10.2 Å². The fraction of sp³-hybridized carbons (Fsp3) is 0.474. The summed E-state index contributed by atoms with van der Waals surface area (Å²) in [5, 5.41) is 15.4. The molecule has 0 aromatic heterocycles. The summed E-state index contributed by atoms with van der Waals surface area (Å²) in [6.45, 7) is 0.249. The summed E-state index contributed by atoms with van der Waals surface area (Å²) in [7, 11) is 1.47. The number of carbonyl (C=O) groups excluding carboxylic acids is 3. The van der Waals surface area contributed by atoms with E-state index in [-0.39, 0.29) is 26.0 Å². The number of carboxylic acid groups (broad SMARTS) is 1. The number of imide groups is 1. The highest BCUT2D eigenvalue weighted by molar-refractivity contribution is 6.31. The van der Waals surface area contributed by atoms with Crippen LogP contribution in [0, 0.1) is 11.8 Å². The summed E-state index contributed by atoms with van der Waals surface area (Å²) in [5.74, 6) is -4.17. The third kappa shape index (κ3) is 2.84. The van der Waals surface area contributed by atoms with Crippen LogP contribution in [0.1, 0.15) is 18.4 Å². The highest BCUT2D eigenvalue weighted by Crippen LogP contribution is 2.53. The van der Waals surface area contributed by atoms with Crippen LogP contribution in [0.5, 0.6) is 0 Å². The third-order valence-corrected chi connectivity index (χ3v) is 6.19. The molecule has 4 rings (SSSR count). The number of nitrogens with one attached hydrogen (secondary N) is 2. The topological polar surface area (TPSA) is 125 Å². The Morgan fingerprint density at radius 2 is 2.07 bits per heavy atom. The van der Waals surface area contributed by atoms with Crippen molar-refractivity contribution in [3.8, 4) is 0 Å². The molecule has 0 bridgehead atoms. The van der Waals surface area contributed by atoms with Crippen molar-refractivity contribution >= 4 is 41.0 Å². The van der Waals surface area contributed by atoms with E-state index in [2.05, 4.69) is 10.6 Å². The SMILES string of the molecule is COCCN1C(=O)[C@@H]2C(CCC(=O)O)NC3(C(=O)Nc4ccc(Cl)cc43)[C@@H]2C1=O. The zero-order chi connectivity index (χ0) is 20.9. The molecule has 9 nitrogen and oxygen atoms in total. The predicted octanol–water partition coefficient (Wildman–Crippen LogP) is 0.572. The summed E-state index contributed by atoms with van der Waals surface area (Å²) in [4.78, 5) is 51.7. The lowest BCUT2D eigenvalue weighted by Gasteiger charge is -2.29. The average Bonchev–Trinajstić information content (AvgIpc) is 3.24. The van der Waals surface area contributed by atoms with Gasteiger partial charge in [-0.05, 0) is 24.6 Å². The number of carbonyl (C=O) groups is 4. The molecule has 29 heavy (non-hydrogen) atoms. The number of rotatable bonds is 6. The van der Waals surface area contributed by atoms with Gasteiger partial charge in [-0.3, -0.25) is 29.4 Å². The summed E-state index contributed by atoms with van der Waals surface area (Å²) in [5.41, 5.74) is -0.458. The lowest BCUT2D eigenvalue weighted by Crippen LogP contribution is -2.53. The second-order valence-corrected chi connectivity index (χ2v) is 7.90. The first-order valence-electron chi connectivity index (χ1n) is 9.26. The van der Waals surface area contributed by atoms with Crippen LogP contribution in [0.15, 0.2) is 18.2 Å². The van der Waals surface area contributed by atoms with Gasteiger partial charge in [0.15, 0.2) is 0 Å². The molecular weight excluding hydrogens is 402 g/mol. The van der Waals surface area contributed by atoms with E-state index < -0.39 is 47.1 Å². The zero-order valence-corrected chi connectivity index (χ0v) is 16.4. The molecule has 4 atom stereocenters. The molecule has 1 aromatic rings. The van der Waals surface area contributed by atoms with Gasteiger partial charge in [0.1, 0.15) is 5.54 Å². The first-order chi connectivity index (χ1) is 13.8. The molecule has 0 aliphatic carbocycles. The molecule has 3 aliphatic rings. The van der Waals surface area contributed by atoms with Crippen LogP contribution in [0.2, 0.25) is 5.02 Å². The van der Waals surface area contributed by atoms with Gasteiger partial charge in [0, 0.05) is 35.8 Å². The second-order valence-electron chi connectivity index (χ2n) is 7.46. The first-order valence-corrected chi connectivity index (χ1v) is 9.64. The second kappa shape index (κ2) is 7.08. The van der Waals surface area contributed by atoms with Crippen molar-refractivity contribution in [2.45, 2.75) is 24.4 Å². The molecule has 3 N–H and O–H groups in total. The largest absolute Gasteiger partial charge is 0.481 e. The summed E-state index contributed by atoms with van der Waals surface area (Å²) >= 11 is 6.15. The maximum absolute atomic E-state index is 13.3. The Morgan fingerprint density at radius 3 is 2.76 bits per heavy atom. The first kappa shape index (κ1) is 19.8. The molecular formula is C19H20ClN3O6. The van der Waals surface area contributed by atoms with E-state index in [4.69, 9.17) is 21.4 Å². The molecule has 1 aromatic carbocycles. The Balaban J connectivity index is 1.81. The molecule has 0 radical (unpaired) electrons. The molecule has 2 unspecified atom stereocenters. The smallest absolute Gasteiger partial charge is 0.303 e. The quantitative estimate of drug-likeness (QED) is 0.573. The van der Waals surface area contributed by atoms with Crippen LogP contribution in [-0.4, -0.2) is 60.0 Å². The summed E-state index contributed by atoms with van der Waals surface area (Å²) < 4.78 is 5.00. The number of halogens is 1. The number of anilines is 1. The van der Waals surface area contributed by atoms with Crippen molar-refractivity contribution in [3.63, 3.8) is 0 Å². The standard InChI is InChI=1S/C19H20ClN3O6/c1-29-7-6-23-16(26)14-12(4-5-13(24)25)22-19(15(14)17(23)27)10-8-9(20)2-3-11(10)21-18(19)28/h2-3,8,12,14-15,22H,4-7H2,1H3,(H,21,28)(H,24,25)/t12?,14-,15+,19?/m1/s1. The molecule has 2 fully saturated rings. The number of hydrogen-bond acceptors (Lipinski definition) is 6. The molecule has 154 valence electrons. The van der Waals surface area contributed by atoms with Crippen LogP contribution in [-0.2, 0) is 29.5 Å². The zero-order valence-electron chi connectivity index (χ0n) is 15.6. The van der Waals surface area contributed by atoms with Crippen molar-refractivity contribution in [1.29, 1.82) is 0 Å². The van der Waals surface area contributed by atoms with Crippen LogP contribution >= 0.6 is 11.6 Å². The Morgan fingerprint density at radius 1 is 1.31 bits per heavy atom. The predicted molar refractivity (Wildman–Crippen MR) is 101 cm³/mol. The number of benzene rings is 1. The van der Waals surface area contributed by atoms with Gasteiger partial charge < -0.3 is 15.2 Å². The molecule has 3 heterocycles. The fourth-order valence-corrected chi connectivity index (χ4v) is 4.94. The molecule has 3 aliphatic heterocycles. The Kier molecular flexibility index (Phi) is 4.84. The van der Waals surface area contributed by atoms with E-state index in [0.717, 1.165) is 4.90 Å². The number of fused-ring (bicyclic) bond motifs is 4. The maximum Gasteiger partial charge on any atom is 0.303 e. The number of hydrogen-bond donors (Lipinski definition) is 3. The summed E-state index contributed by atoms with van der Waals surface area (Å²) in [6.07, 6.45) is -0.0842. The van der Waals surface area contributed by atoms with E-state index in [1.807, 2.05) is 0 Å². The van der Waals surface area contributed by atoms with Crippen molar-refractivity contribution in [2.24, 2.45) is 11.8 Å². The number of nitrogens with zero attached hydrogens (tertiary/aromatic N) is 1. The lowest BCUT2D eigenvalue weighted by atomic mass is 9.76. The fourth-order valence-electron chi connectivity index (χ4n) is 4.76. The Hall–Kier alpha value is -2.49. The maximum atomic E-state index is 13.3. The van der Waals surface area contributed by atoms with Gasteiger partial charge in [0.05, 0.1) is 25.0 Å². The minimum absolute atomic E-state index is 0.0763. The van der Waals surface area contributed by atoms with Gasteiger partial charge in [0.25, 0.3) is 0 Å². The van der Waals surface area contributed by atoms with Crippen LogP contribution in [0.4, 0.5) is 5.69 Å². The molecule has 0 saturated carbocycles. The number of methoxy groups -OCH3 is 1. The normalized spacial score (nSPS) is 30.1. The number of ether oxygens (including phenoxy) is 1. The molecule has 1 spiro atoms. The van der Waals surface area contributed by atoms with E-state index in [1.54, 1.807) is 18.2 Å². The molecule has 2 saturated heterocycles. The van der Waals surface area contributed by atoms with Gasteiger partial charge in [0.2, 0.25) is 17.7 Å². The average molecular weight is 422 g/mol. The van der Waals surface area contributed by atoms with Crippen molar-refractivity contribution in [2.75, 3.05) is 25.6 Å². The van der Waals surface area contributed by atoms with Crippen LogP contribution in [0.25, 0.3) is 0 Å². The van der Waals surface area contributed by atoms with Gasteiger partial charge in [-0.1, -0.05) is 11.6 Å². The van der Waals surface area contributed by atoms with Gasteiger partial charge >= 0.3 is 5.97 Å². The number of aliphatic carboxylic acids is 1. The van der Waals surface area contributed by atoms with Gasteiger partial charge in [-0.25, -0.2) is 0 Å². The summed E-state index contributed by atoms with van der Waals surface area (Å²) in [6, 6.07) is 4.24. The monoisotopic (exact) mass is 421 g/mol. The van der Waals surface area contributed by atoms with E-state index >= 15 is 0 Å². The molecule has 10 heteroatoms.